The molecule has 0 unspecified atom stereocenters. The number of aromatic nitrogens is 2. The Kier molecular flexibility index (Phi) is 5.45. The van der Waals surface area contributed by atoms with Crippen molar-refractivity contribution in [1.82, 2.24) is 14.9 Å². The van der Waals surface area contributed by atoms with Crippen LogP contribution in [-0.4, -0.2) is 27.2 Å². The lowest BCUT2D eigenvalue weighted by molar-refractivity contribution is 0.0696. The van der Waals surface area contributed by atoms with Gasteiger partial charge in [0.05, 0.1) is 11.9 Å². The van der Waals surface area contributed by atoms with E-state index >= 15 is 0 Å². The van der Waals surface area contributed by atoms with Crippen LogP contribution < -0.4 is 5.32 Å². The van der Waals surface area contributed by atoms with Gasteiger partial charge in [-0.3, -0.25) is 0 Å². The molecule has 0 saturated carbocycles. The maximum absolute atomic E-state index is 13.6. The van der Waals surface area contributed by atoms with E-state index in [1.165, 1.54) is 18.2 Å². The Labute approximate surface area is 122 Å². The zero-order valence-corrected chi connectivity index (χ0v) is 11.6. The first-order chi connectivity index (χ1) is 10.2. The lowest BCUT2D eigenvalue weighted by Gasteiger charge is -2.07. The summed E-state index contributed by atoms with van der Waals surface area (Å²) in [5, 5.41) is 12.0. The number of aryl methyl sites for hydroxylation is 1. The number of imidazole rings is 1. The van der Waals surface area contributed by atoms with E-state index < -0.39 is 5.97 Å². The van der Waals surface area contributed by atoms with Gasteiger partial charge in [0.25, 0.3) is 0 Å². The molecule has 0 atom stereocenters. The zero-order valence-electron chi connectivity index (χ0n) is 11.6. The van der Waals surface area contributed by atoms with E-state index in [-0.39, 0.29) is 11.4 Å². The molecule has 2 aromatic rings. The van der Waals surface area contributed by atoms with E-state index in [9.17, 15) is 9.18 Å². The van der Waals surface area contributed by atoms with Gasteiger partial charge in [0, 0.05) is 31.0 Å². The molecule has 0 spiro atoms. The van der Waals surface area contributed by atoms with Gasteiger partial charge in [-0.25, -0.2) is 14.2 Å². The van der Waals surface area contributed by atoms with Crippen molar-refractivity contribution in [1.29, 1.82) is 0 Å². The molecule has 112 valence electrons. The smallest absolute Gasteiger partial charge is 0.335 e. The van der Waals surface area contributed by atoms with Crippen LogP contribution in [0.5, 0.6) is 0 Å². The number of benzene rings is 1. The van der Waals surface area contributed by atoms with Crippen molar-refractivity contribution in [3.63, 3.8) is 0 Å². The van der Waals surface area contributed by atoms with E-state index in [0.717, 1.165) is 25.9 Å². The van der Waals surface area contributed by atoms with Crippen LogP contribution in [0.2, 0.25) is 0 Å². The second-order valence-corrected chi connectivity index (χ2v) is 4.80. The molecule has 0 aliphatic carbocycles. The highest BCUT2D eigenvalue weighted by Crippen LogP contribution is 2.10. The molecule has 2 N–H and O–H groups in total. The molecule has 6 heteroatoms. The molecule has 0 fully saturated rings. The molecule has 0 amide bonds. The molecular weight excluding hydrogens is 273 g/mol. The van der Waals surface area contributed by atoms with Crippen LogP contribution in [-0.2, 0) is 13.1 Å². The Balaban J connectivity index is 1.70. The van der Waals surface area contributed by atoms with Crippen LogP contribution in [0.15, 0.2) is 36.9 Å². The van der Waals surface area contributed by atoms with Crippen molar-refractivity contribution in [2.24, 2.45) is 0 Å². The predicted octanol–water partition coefficient (Wildman–Crippen LogP) is 2.29. The Morgan fingerprint density at radius 1 is 1.38 bits per heavy atom. The number of hydrogen-bond donors (Lipinski definition) is 2. The number of nitrogens with zero attached hydrogens (tertiary/aromatic N) is 2. The molecule has 2 rings (SSSR count). The maximum Gasteiger partial charge on any atom is 0.335 e. The van der Waals surface area contributed by atoms with Crippen LogP contribution in [0.25, 0.3) is 0 Å². The van der Waals surface area contributed by atoms with Crippen molar-refractivity contribution in [2.45, 2.75) is 25.9 Å². The van der Waals surface area contributed by atoms with E-state index in [1.54, 1.807) is 12.5 Å². The minimum absolute atomic E-state index is 0.105. The van der Waals surface area contributed by atoms with Crippen molar-refractivity contribution < 1.29 is 14.3 Å². The first kappa shape index (κ1) is 15.2. The van der Waals surface area contributed by atoms with Gasteiger partial charge >= 0.3 is 5.97 Å². The van der Waals surface area contributed by atoms with Gasteiger partial charge in [-0.2, -0.15) is 0 Å². The maximum atomic E-state index is 13.6. The molecule has 0 saturated heterocycles. The lowest BCUT2D eigenvalue weighted by Crippen LogP contribution is -2.16. The Morgan fingerprint density at radius 3 is 2.95 bits per heavy atom. The summed E-state index contributed by atoms with van der Waals surface area (Å²) in [6, 6.07) is 3.84. The highest BCUT2D eigenvalue weighted by Gasteiger charge is 2.07. The number of unbranched alkanes of at least 4 members (excludes halogenated alkanes) is 1. The van der Waals surface area contributed by atoms with Gasteiger partial charge in [-0.15, -0.1) is 0 Å². The van der Waals surface area contributed by atoms with Gasteiger partial charge in [0.15, 0.2) is 0 Å². The Bertz CT molecular complexity index is 585. The lowest BCUT2D eigenvalue weighted by atomic mass is 10.1. The largest absolute Gasteiger partial charge is 0.478 e. The number of carbonyl (C=O) groups is 1. The van der Waals surface area contributed by atoms with Crippen LogP contribution >= 0.6 is 0 Å². The Morgan fingerprint density at radius 2 is 2.24 bits per heavy atom. The third-order valence-electron chi connectivity index (χ3n) is 3.19. The molecule has 21 heavy (non-hydrogen) atoms. The summed E-state index contributed by atoms with van der Waals surface area (Å²) in [4.78, 5) is 14.8. The quantitative estimate of drug-likeness (QED) is 0.732. The van der Waals surface area contributed by atoms with E-state index in [4.69, 9.17) is 5.11 Å². The van der Waals surface area contributed by atoms with Gasteiger partial charge in [0.1, 0.15) is 5.82 Å². The van der Waals surface area contributed by atoms with Crippen molar-refractivity contribution in [3.05, 3.63) is 53.9 Å². The van der Waals surface area contributed by atoms with Gasteiger partial charge in [-0.1, -0.05) is 0 Å². The zero-order chi connectivity index (χ0) is 15.1. The molecule has 1 aromatic carbocycles. The molecule has 5 nitrogen and oxygen atoms in total. The van der Waals surface area contributed by atoms with Crippen LogP contribution in [0.1, 0.15) is 28.8 Å². The van der Waals surface area contributed by atoms with Crippen molar-refractivity contribution in [3.8, 4) is 0 Å². The minimum Gasteiger partial charge on any atom is -0.478 e. The van der Waals surface area contributed by atoms with Crippen LogP contribution in [0.4, 0.5) is 4.39 Å². The summed E-state index contributed by atoms with van der Waals surface area (Å²) in [5.74, 6) is -1.43. The number of carboxylic acid groups (broad SMARTS) is 1. The van der Waals surface area contributed by atoms with E-state index in [0.29, 0.717) is 12.1 Å². The van der Waals surface area contributed by atoms with Crippen molar-refractivity contribution >= 4 is 5.97 Å². The molecule has 1 aromatic heterocycles. The Hall–Kier alpha value is -2.21. The van der Waals surface area contributed by atoms with Gasteiger partial charge < -0.3 is 15.0 Å². The second kappa shape index (κ2) is 7.54. The van der Waals surface area contributed by atoms with Gasteiger partial charge in [-0.05, 0) is 37.6 Å². The summed E-state index contributed by atoms with van der Waals surface area (Å²) < 4.78 is 15.6. The molecule has 0 bridgehead atoms. The third kappa shape index (κ3) is 4.68. The summed E-state index contributed by atoms with van der Waals surface area (Å²) in [6.45, 7) is 1.99. The third-order valence-corrected chi connectivity index (χ3v) is 3.19. The molecule has 0 aliphatic rings. The summed E-state index contributed by atoms with van der Waals surface area (Å²) in [7, 11) is 0. The average molecular weight is 291 g/mol. The van der Waals surface area contributed by atoms with Crippen LogP contribution in [0, 0.1) is 5.82 Å². The fourth-order valence-electron chi connectivity index (χ4n) is 2.03. The SMILES string of the molecule is O=C(O)c1ccc(F)c(CNCCCCn2ccnc2)c1. The minimum atomic E-state index is -1.04. The molecular formula is C15H18FN3O2. The fourth-order valence-corrected chi connectivity index (χ4v) is 2.03. The number of nitrogens with one attached hydrogen (secondary N) is 1. The predicted molar refractivity (Wildman–Crippen MR) is 76.5 cm³/mol. The average Bonchev–Trinajstić information content (AvgIpc) is 2.97. The fraction of sp³-hybridized carbons (Fsp3) is 0.333. The number of halogens is 1. The standard InChI is InChI=1S/C15H18FN3O2/c16-14-4-3-12(15(20)21)9-13(14)10-17-5-1-2-7-19-8-6-18-11-19/h3-4,6,8-9,11,17H,1-2,5,7,10H2,(H,20,21). The highest BCUT2D eigenvalue weighted by atomic mass is 19.1. The van der Waals surface area contributed by atoms with Gasteiger partial charge in [0.2, 0.25) is 0 Å². The number of aromatic carboxylic acids is 1. The second-order valence-electron chi connectivity index (χ2n) is 4.80. The molecule has 0 radical (unpaired) electrons. The molecule has 0 aliphatic heterocycles. The number of carboxylic acids is 1. The summed E-state index contributed by atoms with van der Waals surface area (Å²) in [5.41, 5.74) is 0.484. The summed E-state index contributed by atoms with van der Waals surface area (Å²) in [6.07, 6.45) is 7.40. The monoisotopic (exact) mass is 291 g/mol. The number of hydrogen-bond acceptors (Lipinski definition) is 3. The molecule has 1 heterocycles. The normalized spacial score (nSPS) is 10.7. The van der Waals surface area contributed by atoms with Crippen LogP contribution in [0.3, 0.4) is 0 Å². The highest BCUT2D eigenvalue weighted by molar-refractivity contribution is 5.87. The first-order valence-corrected chi connectivity index (χ1v) is 6.85. The topological polar surface area (TPSA) is 67.2 Å². The summed E-state index contributed by atoms with van der Waals surface area (Å²) >= 11 is 0. The van der Waals surface area contributed by atoms with E-state index in [1.807, 2.05) is 10.8 Å². The first-order valence-electron chi connectivity index (χ1n) is 6.85. The van der Waals surface area contributed by atoms with E-state index in [2.05, 4.69) is 10.3 Å². The number of rotatable bonds is 8. The van der Waals surface area contributed by atoms with Crippen molar-refractivity contribution in [2.75, 3.05) is 6.54 Å².